The van der Waals surface area contributed by atoms with Crippen LogP contribution in [0.25, 0.3) is 0 Å². The minimum atomic E-state index is 0.498. The normalized spacial score (nSPS) is 28.2. The number of rotatable bonds is 3. The van der Waals surface area contributed by atoms with Crippen molar-refractivity contribution in [2.24, 2.45) is 5.92 Å². The van der Waals surface area contributed by atoms with Gasteiger partial charge >= 0.3 is 0 Å². The second-order valence-corrected chi connectivity index (χ2v) is 8.37. The predicted molar refractivity (Wildman–Crippen MR) is 104 cm³/mol. The molecule has 26 heavy (non-hydrogen) atoms. The average Bonchev–Trinajstić information content (AvgIpc) is 2.94. The van der Waals surface area contributed by atoms with E-state index < -0.39 is 0 Å². The van der Waals surface area contributed by atoms with Gasteiger partial charge in [0, 0.05) is 49.9 Å². The lowest BCUT2D eigenvalue weighted by atomic mass is 9.98. The first kappa shape index (κ1) is 16.2. The number of aromatic nitrogens is 2. The van der Waals surface area contributed by atoms with Gasteiger partial charge in [-0.05, 0) is 37.2 Å². The van der Waals surface area contributed by atoms with E-state index in [1.165, 1.54) is 42.5 Å². The van der Waals surface area contributed by atoms with Gasteiger partial charge in [0.05, 0.1) is 5.69 Å². The molecule has 1 aromatic heterocycles. The summed E-state index contributed by atoms with van der Waals surface area (Å²) in [5.74, 6) is 1.71. The minimum Gasteiger partial charge on any atom is -0.341 e. The van der Waals surface area contributed by atoms with Crippen LogP contribution in [0.5, 0.6) is 0 Å². The van der Waals surface area contributed by atoms with Crippen LogP contribution in [0.2, 0.25) is 0 Å². The molecule has 0 unspecified atom stereocenters. The van der Waals surface area contributed by atoms with Crippen molar-refractivity contribution < 1.29 is 0 Å². The van der Waals surface area contributed by atoms with Gasteiger partial charge in [-0.25, -0.2) is 9.97 Å². The highest BCUT2D eigenvalue weighted by molar-refractivity contribution is 5.38. The summed E-state index contributed by atoms with van der Waals surface area (Å²) in [6.07, 6.45) is 8.34. The fourth-order valence-electron chi connectivity index (χ4n) is 5.13. The molecule has 4 heteroatoms. The summed E-state index contributed by atoms with van der Waals surface area (Å²) in [4.78, 5) is 14.9. The van der Waals surface area contributed by atoms with E-state index in [9.17, 15) is 0 Å². The molecule has 0 aliphatic carbocycles. The van der Waals surface area contributed by atoms with Crippen LogP contribution in [-0.4, -0.2) is 34.0 Å². The Balaban J connectivity index is 1.39. The third kappa shape index (κ3) is 2.90. The summed E-state index contributed by atoms with van der Waals surface area (Å²) in [5.41, 5.74) is 4.10. The Kier molecular flexibility index (Phi) is 4.16. The molecule has 2 saturated heterocycles. The lowest BCUT2D eigenvalue weighted by molar-refractivity contribution is 0.166. The fraction of sp³-hybridized carbons (Fsp3) is 0.545. The van der Waals surface area contributed by atoms with Gasteiger partial charge in [0.15, 0.2) is 0 Å². The van der Waals surface area contributed by atoms with Crippen LogP contribution in [0.15, 0.2) is 36.5 Å². The first-order valence-corrected chi connectivity index (χ1v) is 10.2. The fourth-order valence-corrected chi connectivity index (χ4v) is 5.13. The average molecular weight is 348 g/mol. The molecule has 2 fully saturated rings. The highest BCUT2D eigenvalue weighted by atomic mass is 15.3. The van der Waals surface area contributed by atoms with Crippen LogP contribution >= 0.6 is 0 Å². The first-order valence-electron chi connectivity index (χ1n) is 10.2. The molecule has 2 bridgehead atoms. The zero-order valence-electron chi connectivity index (χ0n) is 15.6. The van der Waals surface area contributed by atoms with Crippen molar-refractivity contribution in [2.75, 3.05) is 18.0 Å². The maximum atomic E-state index is 5.04. The minimum absolute atomic E-state index is 0.498. The van der Waals surface area contributed by atoms with Gasteiger partial charge < -0.3 is 4.90 Å². The predicted octanol–water partition coefficient (Wildman–Crippen LogP) is 3.97. The number of fused-ring (bicyclic) bond motifs is 4. The second kappa shape index (κ2) is 6.66. The molecule has 4 nitrogen and oxygen atoms in total. The number of benzene rings is 1. The Hall–Kier alpha value is -1.94. The molecule has 0 spiro atoms. The van der Waals surface area contributed by atoms with Crippen molar-refractivity contribution in [2.45, 2.75) is 57.7 Å². The maximum Gasteiger partial charge on any atom is 0.225 e. The van der Waals surface area contributed by atoms with Crippen molar-refractivity contribution in [3.05, 3.63) is 53.3 Å². The highest BCUT2D eigenvalue weighted by Crippen LogP contribution is 2.44. The van der Waals surface area contributed by atoms with Gasteiger partial charge in [-0.1, -0.05) is 37.3 Å². The van der Waals surface area contributed by atoms with Crippen molar-refractivity contribution >= 4 is 5.95 Å². The third-order valence-corrected chi connectivity index (χ3v) is 6.47. The van der Waals surface area contributed by atoms with E-state index >= 15 is 0 Å². The summed E-state index contributed by atoms with van der Waals surface area (Å²) >= 11 is 0. The maximum absolute atomic E-state index is 5.04. The van der Waals surface area contributed by atoms with E-state index in [0.717, 1.165) is 37.9 Å². The molecule has 3 atom stereocenters. The molecule has 0 saturated carbocycles. The van der Waals surface area contributed by atoms with Gasteiger partial charge in [-0.15, -0.1) is 0 Å². The Morgan fingerprint density at radius 3 is 2.85 bits per heavy atom. The standard InChI is InChI=1S/C22H28N4/c1-16-6-5-11-25(14-16)22-23-13-19-20(24-22)12-18-9-10-21(19)26(18)15-17-7-3-2-4-8-17/h2-4,7-8,13,16,18,21H,5-6,9-12,14-15H2,1H3/t16-,18+,21+/m1/s1. The van der Waals surface area contributed by atoms with Crippen molar-refractivity contribution in [1.82, 2.24) is 14.9 Å². The van der Waals surface area contributed by atoms with Crippen LogP contribution in [0.4, 0.5) is 5.95 Å². The van der Waals surface area contributed by atoms with Gasteiger partial charge in [-0.2, -0.15) is 0 Å². The molecule has 3 aliphatic rings. The monoisotopic (exact) mass is 348 g/mol. The van der Waals surface area contributed by atoms with Gasteiger partial charge in [0.25, 0.3) is 0 Å². The largest absolute Gasteiger partial charge is 0.341 e. The van der Waals surface area contributed by atoms with E-state index in [2.05, 4.69) is 53.3 Å². The van der Waals surface area contributed by atoms with Crippen LogP contribution in [-0.2, 0) is 13.0 Å². The topological polar surface area (TPSA) is 32.3 Å². The van der Waals surface area contributed by atoms with Crippen LogP contribution in [0.3, 0.4) is 0 Å². The van der Waals surface area contributed by atoms with Crippen molar-refractivity contribution in [3.63, 3.8) is 0 Å². The lowest BCUT2D eigenvalue weighted by Crippen LogP contribution is -2.39. The summed E-state index contributed by atoms with van der Waals surface area (Å²) < 4.78 is 0. The SMILES string of the molecule is C[C@@H]1CCCN(c2ncc3c(n2)C[C@@H]2CC[C@@H]3N2Cc2ccccc2)C1. The molecular weight excluding hydrogens is 320 g/mol. The third-order valence-electron chi connectivity index (χ3n) is 6.47. The smallest absolute Gasteiger partial charge is 0.225 e. The Bertz CT molecular complexity index is 775. The molecular formula is C22H28N4. The molecule has 0 amide bonds. The first-order chi connectivity index (χ1) is 12.8. The Morgan fingerprint density at radius 2 is 2.00 bits per heavy atom. The Labute approximate surface area is 156 Å². The second-order valence-electron chi connectivity index (χ2n) is 8.37. The number of piperidine rings is 1. The molecule has 2 aromatic rings. The number of nitrogens with zero attached hydrogens (tertiary/aromatic N) is 4. The number of hydrogen-bond acceptors (Lipinski definition) is 4. The van der Waals surface area contributed by atoms with E-state index in [1.54, 1.807) is 0 Å². The van der Waals surface area contributed by atoms with Crippen LogP contribution in [0.1, 0.15) is 55.5 Å². The van der Waals surface area contributed by atoms with E-state index in [-0.39, 0.29) is 0 Å². The highest BCUT2D eigenvalue weighted by Gasteiger charge is 2.40. The van der Waals surface area contributed by atoms with Gasteiger partial charge in [0.1, 0.15) is 0 Å². The quantitative estimate of drug-likeness (QED) is 0.840. The molecule has 0 radical (unpaired) electrons. The number of anilines is 1. The van der Waals surface area contributed by atoms with E-state index in [0.29, 0.717) is 12.1 Å². The zero-order valence-corrected chi connectivity index (χ0v) is 15.6. The van der Waals surface area contributed by atoms with Crippen molar-refractivity contribution in [3.8, 4) is 0 Å². The lowest BCUT2D eigenvalue weighted by Gasteiger charge is -2.37. The number of hydrogen-bond donors (Lipinski definition) is 0. The molecule has 136 valence electrons. The van der Waals surface area contributed by atoms with Crippen LogP contribution < -0.4 is 4.90 Å². The molecule has 5 rings (SSSR count). The summed E-state index contributed by atoms with van der Waals surface area (Å²) in [6.45, 7) is 5.59. The summed E-state index contributed by atoms with van der Waals surface area (Å²) in [7, 11) is 0. The summed E-state index contributed by atoms with van der Waals surface area (Å²) in [6, 6.07) is 12.0. The molecule has 3 aliphatic heterocycles. The summed E-state index contributed by atoms with van der Waals surface area (Å²) in [5, 5.41) is 0. The van der Waals surface area contributed by atoms with Crippen LogP contribution in [0, 0.1) is 5.92 Å². The molecule has 1 aromatic carbocycles. The zero-order chi connectivity index (χ0) is 17.5. The van der Waals surface area contributed by atoms with Gasteiger partial charge in [-0.3, -0.25) is 4.90 Å². The van der Waals surface area contributed by atoms with Gasteiger partial charge in [0.2, 0.25) is 5.95 Å². The van der Waals surface area contributed by atoms with Crippen molar-refractivity contribution in [1.29, 1.82) is 0 Å². The van der Waals surface area contributed by atoms with E-state index in [4.69, 9.17) is 9.97 Å². The van der Waals surface area contributed by atoms with E-state index in [1.807, 2.05) is 0 Å². The Morgan fingerprint density at radius 1 is 1.12 bits per heavy atom. The molecule has 0 N–H and O–H groups in total. The molecule has 4 heterocycles.